The van der Waals surface area contributed by atoms with Gasteiger partial charge in [0.25, 0.3) is 0 Å². The number of nitrogens with zero attached hydrogens (tertiary/aromatic N) is 1. The van der Waals surface area contributed by atoms with E-state index in [0.29, 0.717) is 12.3 Å². The van der Waals surface area contributed by atoms with E-state index in [-0.39, 0.29) is 4.65 Å². The minimum atomic E-state index is -0.284. The summed E-state index contributed by atoms with van der Waals surface area (Å²) in [5, 5.41) is 21.6. The average Bonchev–Trinajstić information content (AvgIpc) is 2.64. The fourth-order valence-corrected chi connectivity index (χ4v) is 3.20. The first-order valence-electron chi connectivity index (χ1n) is 8.09. The van der Waals surface area contributed by atoms with E-state index in [2.05, 4.69) is 30.3 Å². The third-order valence-corrected chi connectivity index (χ3v) is 4.37. The lowest BCUT2D eigenvalue weighted by molar-refractivity contribution is -0.839. The molecule has 3 heteroatoms. The molecule has 1 N–H and O–H groups in total. The first-order valence-corrected chi connectivity index (χ1v) is 8.09. The zero-order valence-electron chi connectivity index (χ0n) is 13.7. The summed E-state index contributed by atoms with van der Waals surface area (Å²) in [4.78, 5) is 0. The van der Waals surface area contributed by atoms with Gasteiger partial charge in [-0.3, -0.25) is 0 Å². The van der Waals surface area contributed by atoms with Crippen molar-refractivity contribution in [2.24, 2.45) is 0 Å². The highest BCUT2D eigenvalue weighted by atomic mass is 16.5. The van der Waals surface area contributed by atoms with Gasteiger partial charge in [-0.05, 0) is 52.8 Å². The number of aryl methyl sites for hydroxylation is 2. The van der Waals surface area contributed by atoms with Gasteiger partial charge in [0.05, 0.1) is 20.6 Å². The van der Waals surface area contributed by atoms with Crippen LogP contribution in [0.4, 0.5) is 0 Å². The molecule has 0 spiro atoms. The first kappa shape index (κ1) is 15.8. The molecule has 0 heterocycles. The molecule has 0 saturated heterocycles. The van der Waals surface area contributed by atoms with Crippen LogP contribution in [0.25, 0.3) is 5.57 Å². The number of aromatic hydroxyl groups is 1. The van der Waals surface area contributed by atoms with Gasteiger partial charge in [0.15, 0.2) is 0 Å². The molecule has 0 atom stereocenters. The average molecular weight is 309 g/mol. The van der Waals surface area contributed by atoms with Crippen molar-refractivity contribution in [3.8, 4) is 5.75 Å². The van der Waals surface area contributed by atoms with Crippen molar-refractivity contribution in [1.29, 1.82) is 0 Å². The van der Waals surface area contributed by atoms with E-state index >= 15 is 0 Å². The van der Waals surface area contributed by atoms with E-state index in [4.69, 9.17) is 0 Å². The largest absolute Gasteiger partial charge is 0.633 e. The second kappa shape index (κ2) is 6.19. The fraction of sp³-hybridized carbons (Fsp3) is 0.300. The summed E-state index contributed by atoms with van der Waals surface area (Å²) in [6.07, 6.45) is 4.80. The summed E-state index contributed by atoms with van der Waals surface area (Å²) in [7, 11) is 3.34. The summed E-state index contributed by atoms with van der Waals surface area (Å²) < 4.78 is -0.284. The van der Waals surface area contributed by atoms with Gasteiger partial charge < -0.3 is 15.0 Å². The SMILES string of the molecule is C[N+](C)([O-])CC/C=C1/c2ccccc2CCc2cc(O)ccc21. The van der Waals surface area contributed by atoms with Gasteiger partial charge in [0, 0.05) is 6.42 Å². The molecule has 0 fully saturated rings. The van der Waals surface area contributed by atoms with Gasteiger partial charge in [-0.2, -0.15) is 0 Å². The van der Waals surface area contributed by atoms with Crippen LogP contribution in [0.2, 0.25) is 0 Å². The van der Waals surface area contributed by atoms with Gasteiger partial charge in [0.2, 0.25) is 0 Å². The van der Waals surface area contributed by atoms with Crippen molar-refractivity contribution in [3.63, 3.8) is 0 Å². The minimum Gasteiger partial charge on any atom is -0.633 e. The molecule has 1 aliphatic rings. The van der Waals surface area contributed by atoms with Crippen molar-refractivity contribution in [2.45, 2.75) is 19.3 Å². The van der Waals surface area contributed by atoms with Crippen molar-refractivity contribution >= 4 is 5.57 Å². The molecule has 1 aliphatic carbocycles. The van der Waals surface area contributed by atoms with Crippen molar-refractivity contribution in [1.82, 2.24) is 0 Å². The normalized spacial score (nSPS) is 15.9. The maximum Gasteiger partial charge on any atom is 0.115 e. The van der Waals surface area contributed by atoms with E-state index < -0.39 is 0 Å². The van der Waals surface area contributed by atoms with Crippen LogP contribution in [0.3, 0.4) is 0 Å². The molecule has 120 valence electrons. The fourth-order valence-electron chi connectivity index (χ4n) is 3.20. The highest BCUT2D eigenvalue weighted by Crippen LogP contribution is 2.35. The molecule has 2 aromatic carbocycles. The number of quaternary nitrogens is 1. The van der Waals surface area contributed by atoms with Gasteiger partial charge >= 0.3 is 0 Å². The molecule has 0 amide bonds. The Balaban J connectivity index is 2.06. The Kier molecular flexibility index (Phi) is 4.24. The molecule has 2 aromatic rings. The third kappa shape index (κ3) is 3.63. The van der Waals surface area contributed by atoms with E-state index in [1.54, 1.807) is 20.2 Å². The second-order valence-electron chi connectivity index (χ2n) is 6.70. The molecule has 0 aliphatic heterocycles. The van der Waals surface area contributed by atoms with Crippen molar-refractivity contribution < 1.29 is 9.75 Å². The van der Waals surface area contributed by atoms with Crippen LogP contribution in [0.1, 0.15) is 28.7 Å². The van der Waals surface area contributed by atoms with E-state index in [0.717, 1.165) is 19.3 Å². The van der Waals surface area contributed by atoms with Crippen LogP contribution >= 0.6 is 0 Å². The number of benzene rings is 2. The Morgan fingerprint density at radius 1 is 1.04 bits per heavy atom. The van der Waals surface area contributed by atoms with Crippen molar-refractivity contribution in [3.05, 3.63) is 76.0 Å². The maximum absolute atomic E-state index is 11.8. The van der Waals surface area contributed by atoms with Gasteiger partial charge in [-0.1, -0.05) is 36.4 Å². The van der Waals surface area contributed by atoms with Gasteiger partial charge in [0.1, 0.15) is 5.75 Å². The number of hydrogen-bond donors (Lipinski definition) is 1. The second-order valence-corrected chi connectivity index (χ2v) is 6.70. The van der Waals surface area contributed by atoms with Crippen LogP contribution in [0.5, 0.6) is 5.75 Å². The lowest BCUT2D eigenvalue weighted by atomic mass is 9.93. The van der Waals surface area contributed by atoms with Crippen LogP contribution in [0, 0.1) is 5.21 Å². The summed E-state index contributed by atoms with van der Waals surface area (Å²) in [5.74, 6) is 0.311. The summed E-state index contributed by atoms with van der Waals surface area (Å²) >= 11 is 0. The monoisotopic (exact) mass is 309 g/mol. The molecular weight excluding hydrogens is 286 g/mol. The predicted octanol–water partition coefficient (Wildman–Crippen LogP) is 3.89. The molecule has 3 nitrogen and oxygen atoms in total. The Labute approximate surface area is 137 Å². The first-order chi connectivity index (χ1) is 10.9. The number of fused-ring (bicyclic) bond motifs is 2. The van der Waals surface area contributed by atoms with Crippen LogP contribution < -0.4 is 0 Å². The van der Waals surface area contributed by atoms with E-state index in [9.17, 15) is 10.3 Å². The lowest BCUT2D eigenvalue weighted by Gasteiger charge is -2.33. The number of phenolic OH excluding ortho intramolecular Hbond substituents is 1. The van der Waals surface area contributed by atoms with Crippen LogP contribution in [-0.2, 0) is 12.8 Å². The Bertz CT molecular complexity index is 742. The minimum absolute atomic E-state index is 0.284. The lowest BCUT2D eigenvalue weighted by Crippen LogP contribution is -2.32. The highest BCUT2D eigenvalue weighted by molar-refractivity contribution is 5.84. The highest BCUT2D eigenvalue weighted by Gasteiger charge is 2.18. The molecule has 23 heavy (non-hydrogen) atoms. The number of rotatable bonds is 3. The molecule has 0 saturated carbocycles. The van der Waals surface area contributed by atoms with Crippen molar-refractivity contribution in [2.75, 3.05) is 20.6 Å². The van der Waals surface area contributed by atoms with Crippen LogP contribution in [0.15, 0.2) is 48.5 Å². The molecule has 0 aromatic heterocycles. The summed E-state index contributed by atoms with van der Waals surface area (Å²) in [5.41, 5.74) is 6.09. The zero-order chi connectivity index (χ0) is 16.4. The smallest absolute Gasteiger partial charge is 0.115 e. The molecule has 0 unspecified atom stereocenters. The quantitative estimate of drug-likeness (QED) is 0.690. The van der Waals surface area contributed by atoms with E-state index in [1.807, 2.05) is 12.1 Å². The Morgan fingerprint density at radius 2 is 1.74 bits per heavy atom. The van der Waals surface area contributed by atoms with E-state index in [1.165, 1.54) is 27.8 Å². The maximum atomic E-state index is 11.8. The topological polar surface area (TPSA) is 43.3 Å². The Morgan fingerprint density at radius 3 is 2.52 bits per heavy atom. The standard InChI is InChI=1S/C20H23NO2/c1-21(2,23)13-5-8-20-18-7-4-3-6-15(18)9-10-16-14-17(22)11-12-19(16)20/h3-4,6-8,11-12,14,22H,5,9-10,13H2,1-2H3/b20-8-. The third-order valence-electron chi connectivity index (χ3n) is 4.37. The van der Waals surface area contributed by atoms with Gasteiger partial charge in [-0.15, -0.1) is 0 Å². The summed E-state index contributed by atoms with van der Waals surface area (Å²) in [6, 6.07) is 14.1. The summed E-state index contributed by atoms with van der Waals surface area (Å²) in [6.45, 7) is 0.555. The molecule has 0 radical (unpaired) electrons. The Hall–Kier alpha value is -2.10. The molecular formula is C20H23NO2. The molecule has 3 rings (SSSR count). The predicted molar refractivity (Wildman–Crippen MR) is 94.0 cm³/mol. The number of hydroxylamine groups is 3. The molecule has 0 bridgehead atoms. The van der Waals surface area contributed by atoms with Crippen LogP contribution in [-0.4, -0.2) is 30.4 Å². The number of phenols is 1. The van der Waals surface area contributed by atoms with Gasteiger partial charge in [-0.25, -0.2) is 0 Å². The zero-order valence-corrected chi connectivity index (χ0v) is 13.7. The number of hydrogen-bond acceptors (Lipinski definition) is 2.